The third kappa shape index (κ3) is 6.20. The van der Waals surface area contributed by atoms with E-state index in [1.807, 2.05) is 4.90 Å². The van der Waals surface area contributed by atoms with Gasteiger partial charge in [-0.3, -0.25) is 24.5 Å². The van der Waals surface area contributed by atoms with Crippen LogP contribution in [0.3, 0.4) is 0 Å². The van der Waals surface area contributed by atoms with Crippen molar-refractivity contribution in [3.8, 4) is 0 Å². The summed E-state index contributed by atoms with van der Waals surface area (Å²) in [6.07, 6.45) is 4.09. The van der Waals surface area contributed by atoms with Crippen LogP contribution < -0.4 is 4.80 Å². The van der Waals surface area contributed by atoms with E-state index in [0.717, 1.165) is 43.6 Å². The molecule has 1 unspecified atom stereocenters. The first-order valence-corrected chi connectivity index (χ1v) is 12.6. The van der Waals surface area contributed by atoms with Crippen LogP contribution in [0.4, 0.5) is 5.69 Å². The number of aromatic nitrogens is 1. The third-order valence-electron chi connectivity index (χ3n) is 5.48. The first kappa shape index (κ1) is 24.9. The van der Waals surface area contributed by atoms with E-state index in [4.69, 9.17) is 4.74 Å². The van der Waals surface area contributed by atoms with Crippen LogP contribution in [0.25, 0.3) is 10.2 Å². The van der Waals surface area contributed by atoms with Crippen molar-refractivity contribution in [1.29, 1.82) is 0 Å². The molecule has 1 fully saturated rings. The lowest BCUT2D eigenvalue weighted by Gasteiger charge is -2.35. The maximum atomic E-state index is 12.6. The molecular formula is C21H26N4O6S2. The van der Waals surface area contributed by atoms with Crippen LogP contribution >= 0.6 is 23.1 Å². The quantitative estimate of drug-likeness (QED) is 0.314. The Morgan fingerprint density at radius 1 is 1.30 bits per heavy atom. The average molecular weight is 495 g/mol. The molecule has 1 saturated heterocycles. The van der Waals surface area contributed by atoms with Gasteiger partial charge < -0.3 is 14.2 Å². The molecule has 0 saturated carbocycles. The van der Waals surface area contributed by atoms with Crippen molar-refractivity contribution in [2.75, 3.05) is 25.2 Å². The minimum absolute atomic E-state index is 0.0169. The summed E-state index contributed by atoms with van der Waals surface area (Å²) in [5, 5.41) is 11.1. The van der Waals surface area contributed by atoms with Crippen molar-refractivity contribution < 1.29 is 24.0 Å². The summed E-state index contributed by atoms with van der Waals surface area (Å²) in [4.78, 5) is 53.8. The lowest BCUT2D eigenvalue weighted by Crippen LogP contribution is -2.44. The number of esters is 1. The van der Waals surface area contributed by atoms with E-state index in [-0.39, 0.29) is 40.5 Å². The van der Waals surface area contributed by atoms with Crippen LogP contribution in [0.5, 0.6) is 0 Å². The molecule has 0 spiro atoms. The number of nitrogens with zero attached hydrogens (tertiary/aromatic N) is 4. The number of ether oxygens (including phenoxy) is 1. The molecule has 2 heterocycles. The second-order valence-corrected chi connectivity index (χ2v) is 9.59. The van der Waals surface area contributed by atoms with E-state index in [0.29, 0.717) is 10.2 Å². The molecule has 178 valence electrons. The lowest BCUT2D eigenvalue weighted by molar-refractivity contribution is -0.384. The predicted molar refractivity (Wildman–Crippen MR) is 126 cm³/mol. The third-order valence-corrected chi connectivity index (χ3v) is 7.43. The lowest BCUT2D eigenvalue weighted by atomic mass is 10.0. The van der Waals surface area contributed by atoms with E-state index >= 15 is 0 Å². The maximum absolute atomic E-state index is 12.6. The minimum Gasteiger partial charge on any atom is -0.468 e. The van der Waals surface area contributed by atoms with Gasteiger partial charge in [-0.05, 0) is 31.7 Å². The topological polar surface area (TPSA) is 124 Å². The number of fused-ring (bicyclic) bond motifs is 1. The Morgan fingerprint density at radius 3 is 2.79 bits per heavy atom. The highest BCUT2D eigenvalue weighted by Gasteiger charge is 2.25. The van der Waals surface area contributed by atoms with Gasteiger partial charge in [0.1, 0.15) is 6.54 Å². The van der Waals surface area contributed by atoms with E-state index in [2.05, 4.69) is 11.9 Å². The Labute approximate surface area is 198 Å². The van der Waals surface area contributed by atoms with Gasteiger partial charge in [-0.15, -0.1) is 11.8 Å². The number of thioether (sulfide) groups is 1. The monoisotopic (exact) mass is 494 g/mol. The van der Waals surface area contributed by atoms with Crippen molar-refractivity contribution in [2.24, 2.45) is 4.99 Å². The number of piperidine rings is 1. The number of hydrogen-bond donors (Lipinski definition) is 0. The summed E-state index contributed by atoms with van der Waals surface area (Å²) in [6, 6.07) is 4.51. The molecule has 1 atom stereocenters. The molecule has 0 aliphatic carbocycles. The summed E-state index contributed by atoms with van der Waals surface area (Å²) in [6.45, 7) is 2.66. The van der Waals surface area contributed by atoms with E-state index in [1.54, 1.807) is 0 Å². The fourth-order valence-electron chi connectivity index (χ4n) is 3.81. The Hall–Kier alpha value is -2.73. The van der Waals surface area contributed by atoms with Crippen molar-refractivity contribution in [3.05, 3.63) is 33.1 Å². The Kier molecular flexibility index (Phi) is 8.61. The molecule has 3 rings (SSSR count). The number of hydrogen-bond acceptors (Lipinski definition) is 8. The minimum atomic E-state index is -0.533. The molecular weight excluding hydrogens is 468 g/mol. The van der Waals surface area contributed by atoms with Crippen LogP contribution in [0.15, 0.2) is 23.2 Å². The first-order valence-electron chi connectivity index (χ1n) is 10.6. The van der Waals surface area contributed by atoms with E-state index in [9.17, 15) is 24.5 Å². The van der Waals surface area contributed by atoms with Gasteiger partial charge in [0.05, 0.1) is 33.8 Å². The number of likely N-dealkylation sites (tertiary alicyclic amines) is 1. The van der Waals surface area contributed by atoms with Gasteiger partial charge in [-0.1, -0.05) is 18.3 Å². The van der Waals surface area contributed by atoms with Crippen LogP contribution in [-0.2, 0) is 25.7 Å². The smallest absolute Gasteiger partial charge is 0.325 e. The van der Waals surface area contributed by atoms with Crippen LogP contribution in [0.1, 0.15) is 32.6 Å². The van der Waals surface area contributed by atoms with Crippen molar-refractivity contribution >= 4 is 56.8 Å². The van der Waals surface area contributed by atoms with Crippen LogP contribution in [0, 0.1) is 10.1 Å². The van der Waals surface area contributed by atoms with Gasteiger partial charge in [0.2, 0.25) is 5.91 Å². The highest BCUT2D eigenvalue weighted by Crippen LogP contribution is 2.24. The van der Waals surface area contributed by atoms with Crippen molar-refractivity contribution in [3.63, 3.8) is 0 Å². The van der Waals surface area contributed by atoms with Gasteiger partial charge in [-0.2, -0.15) is 4.99 Å². The molecule has 2 amide bonds. The second-order valence-electron chi connectivity index (χ2n) is 7.60. The summed E-state index contributed by atoms with van der Waals surface area (Å²) < 4.78 is 6.75. The Bertz CT molecular complexity index is 1130. The molecule has 1 aliphatic heterocycles. The molecule has 1 aromatic heterocycles. The average Bonchev–Trinajstić information content (AvgIpc) is 3.14. The number of benzene rings is 1. The number of carbonyl (C=O) groups is 3. The number of methoxy groups -OCH3 is 1. The van der Waals surface area contributed by atoms with E-state index < -0.39 is 16.8 Å². The van der Waals surface area contributed by atoms with Crippen LogP contribution in [-0.4, -0.2) is 63.4 Å². The molecule has 0 N–H and O–H groups in total. The second kappa shape index (κ2) is 11.4. The van der Waals surface area contributed by atoms with E-state index in [1.165, 1.54) is 41.6 Å². The van der Waals surface area contributed by atoms with Gasteiger partial charge in [0.25, 0.3) is 11.6 Å². The summed E-state index contributed by atoms with van der Waals surface area (Å²) in [7, 11) is 1.25. The largest absolute Gasteiger partial charge is 0.468 e. The molecule has 0 radical (unpaired) electrons. The summed E-state index contributed by atoms with van der Waals surface area (Å²) >= 11 is 2.29. The number of thiazole rings is 1. The Balaban J connectivity index is 1.74. The highest BCUT2D eigenvalue weighted by atomic mass is 32.2. The summed E-state index contributed by atoms with van der Waals surface area (Å²) in [5.41, 5.74) is 0.449. The maximum Gasteiger partial charge on any atom is 0.325 e. The van der Waals surface area contributed by atoms with Gasteiger partial charge in [-0.25, -0.2) is 0 Å². The molecule has 1 aliphatic rings. The number of nitro benzene ring substituents is 1. The number of non-ortho nitro benzene ring substituents is 1. The number of rotatable bonds is 8. The van der Waals surface area contributed by atoms with Gasteiger partial charge >= 0.3 is 5.97 Å². The fourth-order valence-corrected chi connectivity index (χ4v) is 5.57. The fraction of sp³-hybridized carbons (Fsp3) is 0.524. The SMILES string of the molecule is CCC1CCCCN1C(=O)CSCC(=O)N=c1sc2cc([N+](=O)[O-])ccc2n1CC(=O)OC. The van der Waals surface area contributed by atoms with Gasteiger partial charge in [0.15, 0.2) is 4.80 Å². The first-order chi connectivity index (χ1) is 15.8. The van der Waals surface area contributed by atoms with Gasteiger partial charge in [0, 0.05) is 24.7 Å². The standard InChI is InChI=1S/C21H26N4O6S2/c1-3-14-6-4-5-9-23(14)19(27)13-32-12-18(26)22-21-24(11-20(28)31-2)16-8-7-15(25(29)30)10-17(16)33-21/h7-8,10,14H,3-6,9,11-13H2,1-2H3. The molecule has 12 heteroatoms. The molecule has 1 aromatic carbocycles. The molecule has 10 nitrogen and oxygen atoms in total. The summed E-state index contributed by atoms with van der Waals surface area (Å²) in [5.74, 6) is -0.719. The number of carbonyl (C=O) groups excluding carboxylic acids is 3. The zero-order chi connectivity index (χ0) is 24.0. The zero-order valence-electron chi connectivity index (χ0n) is 18.5. The predicted octanol–water partition coefficient (Wildman–Crippen LogP) is 2.74. The highest BCUT2D eigenvalue weighted by molar-refractivity contribution is 8.00. The van der Waals surface area contributed by atoms with Crippen LogP contribution in [0.2, 0.25) is 0 Å². The Morgan fingerprint density at radius 2 is 2.09 bits per heavy atom. The molecule has 33 heavy (non-hydrogen) atoms. The molecule has 0 bridgehead atoms. The van der Waals surface area contributed by atoms with Crippen molar-refractivity contribution in [2.45, 2.75) is 45.2 Å². The number of amides is 2. The zero-order valence-corrected chi connectivity index (χ0v) is 20.2. The molecule has 2 aromatic rings. The normalized spacial score (nSPS) is 16.7. The number of nitro groups is 1. The van der Waals surface area contributed by atoms with Crippen molar-refractivity contribution in [1.82, 2.24) is 9.47 Å².